The van der Waals surface area contributed by atoms with Gasteiger partial charge in [0, 0.05) is 45.5 Å². The lowest BCUT2D eigenvalue weighted by Crippen LogP contribution is -2.52. The van der Waals surface area contributed by atoms with Gasteiger partial charge in [0.05, 0.1) is 0 Å². The third kappa shape index (κ3) is 4.37. The number of rotatable bonds is 1. The van der Waals surface area contributed by atoms with E-state index >= 15 is 0 Å². The quantitative estimate of drug-likeness (QED) is 0.852. The van der Waals surface area contributed by atoms with Gasteiger partial charge in [-0.2, -0.15) is 5.10 Å². The summed E-state index contributed by atoms with van der Waals surface area (Å²) in [6, 6.07) is 1.53. The van der Waals surface area contributed by atoms with Crippen LogP contribution in [0.2, 0.25) is 0 Å². The summed E-state index contributed by atoms with van der Waals surface area (Å²) < 4.78 is 6.95. The summed E-state index contributed by atoms with van der Waals surface area (Å²) in [5.41, 5.74) is -0.509. The van der Waals surface area contributed by atoms with E-state index in [9.17, 15) is 9.59 Å². The number of aryl methyl sites for hydroxylation is 1. The second-order valence-corrected chi connectivity index (χ2v) is 6.26. The number of aromatic nitrogens is 2. The lowest BCUT2D eigenvalue weighted by Gasteiger charge is -2.35. The molecule has 0 saturated carbocycles. The fourth-order valence-electron chi connectivity index (χ4n) is 2.09. The third-order valence-corrected chi connectivity index (χ3v) is 3.17. The smallest absolute Gasteiger partial charge is 0.410 e. The van der Waals surface area contributed by atoms with Crippen molar-refractivity contribution >= 4 is 17.9 Å². The highest BCUT2D eigenvalue weighted by atomic mass is 16.6. The SMILES string of the molecule is Cn1ccc(NC(=O)N2CCN(C(=O)OC(C)(C)C)CC2)n1. The number of hydrogen-bond donors (Lipinski definition) is 1. The van der Waals surface area contributed by atoms with Gasteiger partial charge in [0.25, 0.3) is 0 Å². The number of nitrogens with zero attached hydrogens (tertiary/aromatic N) is 4. The number of anilines is 1. The predicted molar refractivity (Wildman–Crippen MR) is 81.6 cm³/mol. The van der Waals surface area contributed by atoms with Gasteiger partial charge < -0.3 is 14.5 Å². The molecule has 122 valence electrons. The van der Waals surface area contributed by atoms with Crippen molar-refractivity contribution in [1.82, 2.24) is 19.6 Å². The molecule has 0 atom stereocenters. The molecule has 1 N–H and O–H groups in total. The van der Waals surface area contributed by atoms with Gasteiger partial charge in [0.15, 0.2) is 5.82 Å². The van der Waals surface area contributed by atoms with Crippen molar-refractivity contribution in [1.29, 1.82) is 0 Å². The molecule has 0 aliphatic carbocycles. The fraction of sp³-hybridized carbons (Fsp3) is 0.643. The second-order valence-electron chi connectivity index (χ2n) is 6.26. The Kier molecular flexibility index (Phi) is 4.58. The van der Waals surface area contributed by atoms with Gasteiger partial charge in [0.1, 0.15) is 5.60 Å². The van der Waals surface area contributed by atoms with Gasteiger partial charge in [-0.05, 0) is 20.8 Å². The van der Waals surface area contributed by atoms with Crippen molar-refractivity contribution in [3.63, 3.8) is 0 Å². The van der Waals surface area contributed by atoms with Crippen LogP contribution in [0.5, 0.6) is 0 Å². The van der Waals surface area contributed by atoms with Crippen LogP contribution < -0.4 is 5.32 Å². The maximum Gasteiger partial charge on any atom is 0.410 e. The highest BCUT2D eigenvalue weighted by Gasteiger charge is 2.27. The predicted octanol–water partition coefficient (Wildman–Crippen LogP) is 1.50. The van der Waals surface area contributed by atoms with Crippen molar-refractivity contribution < 1.29 is 14.3 Å². The van der Waals surface area contributed by atoms with Crippen molar-refractivity contribution in [2.45, 2.75) is 26.4 Å². The average Bonchev–Trinajstić information content (AvgIpc) is 2.82. The summed E-state index contributed by atoms with van der Waals surface area (Å²) in [5, 5.41) is 6.84. The van der Waals surface area contributed by atoms with Crippen LogP contribution in [0, 0.1) is 0 Å². The molecule has 1 saturated heterocycles. The standard InChI is InChI=1S/C14H23N5O3/c1-14(2,3)22-13(21)19-9-7-18(8-10-19)12(20)15-11-5-6-17(4)16-11/h5-6H,7-10H2,1-4H3,(H,15,16,20). The first-order valence-electron chi connectivity index (χ1n) is 7.28. The summed E-state index contributed by atoms with van der Waals surface area (Å²) >= 11 is 0. The lowest BCUT2D eigenvalue weighted by molar-refractivity contribution is 0.0174. The molecule has 8 heteroatoms. The van der Waals surface area contributed by atoms with Gasteiger partial charge in [-0.25, -0.2) is 9.59 Å². The number of carbonyl (C=O) groups is 2. The van der Waals surface area contributed by atoms with Crippen LogP contribution in [0.15, 0.2) is 12.3 Å². The van der Waals surface area contributed by atoms with E-state index in [2.05, 4.69) is 10.4 Å². The zero-order chi connectivity index (χ0) is 16.3. The normalized spacial score (nSPS) is 15.6. The molecule has 0 aromatic carbocycles. The van der Waals surface area contributed by atoms with E-state index in [1.54, 1.807) is 33.8 Å². The van der Waals surface area contributed by atoms with Gasteiger partial charge in [-0.3, -0.25) is 10.00 Å². The number of hydrogen-bond acceptors (Lipinski definition) is 4. The minimum Gasteiger partial charge on any atom is -0.444 e. The van der Waals surface area contributed by atoms with E-state index in [0.29, 0.717) is 32.0 Å². The molecular formula is C14H23N5O3. The largest absolute Gasteiger partial charge is 0.444 e. The number of piperazine rings is 1. The van der Waals surface area contributed by atoms with E-state index in [1.807, 2.05) is 20.8 Å². The minimum absolute atomic E-state index is 0.206. The Labute approximate surface area is 130 Å². The van der Waals surface area contributed by atoms with Crippen molar-refractivity contribution in [3.8, 4) is 0 Å². The summed E-state index contributed by atoms with van der Waals surface area (Å²) in [5.74, 6) is 0.516. The van der Waals surface area contributed by atoms with Gasteiger partial charge in [0.2, 0.25) is 0 Å². The maximum absolute atomic E-state index is 12.1. The Hall–Kier alpha value is -2.25. The van der Waals surface area contributed by atoms with Gasteiger partial charge in [-0.15, -0.1) is 0 Å². The van der Waals surface area contributed by atoms with E-state index in [0.717, 1.165) is 0 Å². The number of amides is 3. The highest BCUT2D eigenvalue weighted by molar-refractivity contribution is 5.88. The molecule has 0 radical (unpaired) electrons. The van der Waals surface area contributed by atoms with E-state index < -0.39 is 5.60 Å². The molecule has 1 aromatic rings. The molecule has 0 bridgehead atoms. The first-order valence-corrected chi connectivity index (χ1v) is 7.28. The van der Waals surface area contributed by atoms with Crippen molar-refractivity contribution in [2.75, 3.05) is 31.5 Å². The molecule has 1 aliphatic heterocycles. The molecule has 3 amide bonds. The first-order chi connectivity index (χ1) is 10.2. The average molecular weight is 309 g/mol. The Morgan fingerprint density at radius 3 is 2.27 bits per heavy atom. The summed E-state index contributed by atoms with van der Waals surface area (Å²) in [7, 11) is 1.79. The topological polar surface area (TPSA) is 79.7 Å². The third-order valence-electron chi connectivity index (χ3n) is 3.17. The molecule has 1 aliphatic rings. The number of urea groups is 1. The number of nitrogens with one attached hydrogen (secondary N) is 1. The van der Waals surface area contributed by atoms with Crippen LogP contribution in [0.25, 0.3) is 0 Å². The Morgan fingerprint density at radius 1 is 1.18 bits per heavy atom. The van der Waals surface area contributed by atoms with Crippen molar-refractivity contribution in [3.05, 3.63) is 12.3 Å². The molecule has 1 aromatic heterocycles. The molecule has 2 rings (SSSR count). The van der Waals surface area contributed by atoms with E-state index in [1.165, 1.54) is 0 Å². The molecule has 1 fully saturated rings. The zero-order valence-electron chi connectivity index (χ0n) is 13.5. The Morgan fingerprint density at radius 2 is 1.77 bits per heavy atom. The van der Waals surface area contributed by atoms with Crippen LogP contribution in [0.4, 0.5) is 15.4 Å². The number of carbonyl (C=O) groups excluding carboxylic acids is 2. The monoisotopic (exact) mass is 309 g/mol. The first kappa shape index (κ1) is 16.1. The summed E-state index contributed by atoms with van der Waals surface area (Å²) in [6.45, 7) is 7.37. The summed E-state index contributed by atoms with van der Waals surface area (Å²) in [4.78, 5) is 27.4. The van der Waals surface area contributed by atoms with Crippen LogP contribution >= 0.6 is 0 Å². The van der Waals surface area contributed by atoms with Crippen LogP contribution in [-0.2, 0) is 11.8 Å². The molecule has 22 heavy (non-hydrogen) atoms. The number of ether oxygens (including phenoxy) is 1. The van der Waals surface area contributed by atoms with Crippen molar-refractivity contribution in [2.24, 2.45) is 7.05 Å². The molecule has 2 heterocycles. The Bertz CT molecular complexity index is 541. The zero-order valence-corrected chi connectivity index (χ0v) is 13.5. The van der Waals surface area contributed by atoms with Gasteiger partial charge >= 0.3 is 12.1 Å². The molecule has 0 unspecified atom stereocenters. The maximum atomic E-state index is 12.1. The molecule has 0 spiro atoms. The molecular weight excluding hydrogens is 286 g/mol. The lowest BCUT2D eigenvalue weighted by atomic mass is 10.2. The molecule has 8 nitrogen and oxygen atoms in total. The minimum atomic E-state index is -0.509. The van der Waals surface area contributed by atoms with E-state index in [4.69, 9.17) is 4.74 Å². The Balaban J connectivity index is 1.81. The van der Waals surface area contributed by atoms with Gasteiger partial charge in [-0.1, -0.05) is 0 Å². The van der Waals surface area contributed by atoms with Crippen LogP contribution in [0.1, 0.15) is 20.8 Å². The summed E-state index contributed by atoms with van der Waals surface area (Å²) in [6.07, 6.45) is 1.42. The van der Waals surface area contributed by atoms with E-state index in [-0.39, 0.29) is 12.1 Å². The fourth-order valence-corrected chi connectivity index (χ4v) is 2.09. The second kappa shape index (κ2) is 6.25. The van der Waals surface area contributed by atoms with Crippen LogP contribution in [-0.4, -0.2) is 63.5 Å². The van der Waals surface area contributed by atoms with Crippen LogP contribution in [0.3, 0.4) is 0 Å². The highest BCUT2D eigenvalue weighted by Crippen LogP contribution is 2.12.